The molecule has 0 saturated carbocycles. The van der Waals surface area contributed by atoms with E-state index in [1.807, 2.05) is 12.1 Å². The summed E-state index contributed by atoms with van der Waals surface area (Å²) in [4.78, 5) is 0. The first-order chi connectivity index (χ1) is 8.97. The Kier molecular flexibility index (Phi) is 3.85. The van der Waals surface area contributed by atoms with Gasteiger partial charge in [-0.1, -0.05) is 27.7 Å². The number of methoxy groups -OCH3 is 1. The van der Waals surface area contributed by atoms with Gasteiger partial charge in [0.25, 0.3) is 0 Å². The van der Waals surface area contributed by atoms with Gasteiger partial charge in [-0.05, 0) is 24.1 Å². The van der Waals surface area contributed by atoms with E-state index in [2.05, 4.69) is 39.1 Å². The van der Waals surface area contributed by atoms with E-state index in [9.17, 15) is 0 Å². The largest absolute Gasteiger partial charge is 0.497 e. The van der Waals surface area contributed by atoms with Gasteiger partial charge in [-0.15, -0.1) is 0 Å². The molecule has 1 N–H and O–H groups in total. The van der Waals surface area contributed by atoms with E-state index in [1.165, 1.54) is 10.9 Å². The van der Waals surface area contributed by atoms with Gasteiger partial charge >= 0.3 is 0 Å². The van der Waals surface area contributed by atoms with Crippen LogP contribution in [0.15, 0.2) is 22.6 Å². The van der Waals surface area contributed by atoms with Crippen LogP contribution in [0.25, 0.3) is 11.0 Å². The van der Waals surface area contributed by atoms with Crippen molar-refractivity contribution in [1.29, 1.82) is 0 Å². The molecular formula is C16H23NO2. The van der Waals surface area contributed by atoms with E-state index in [4.69, 9.17) is 9.15 Å². The van der Waals surface area contributed by atoms with Gasteiger partial charge < -0.3 is 14.5 Å². The second-order valence-electron chi connectivity index (χ2n) is 5.79. The summed E-state index contributed by atoms with van der Waals surface area (Å²) in [5, 5.41) is 4.52. The first-order valence-corrected chi connectivity index (χ1v) is 6.78. The van der Waals surface area contributed by atoms with Crippen LogP contribution in [-0.2, 0) is 12.0 Å². The maximum Gasteiger partial charge on any atom is 0.138 e. The summed E-state index contributed by atoms with van der Waals surface area (Å²) in [6.07, 6.45) is 0. The Morgan fingerprint density at radius 3 is 2.58 bits per heavy atom. The van der Waals surface area contributed by atoms with Crippen LogP contribution in [0.2, 0.25) is 0 Å². The molecule has 3 heteroatoms. The maximum atomic E-state index is 6.03. The summed E-state index contributed by atoms with van der Waals surface area (Å²) >= 11 is 0. The predicted octanol–water partition coefficient (Wildman–Crippen LogP) is 3.85. The molecule has 19 heavy (non-hydrogen) atoms. The van der Waals surface area contributed by atoms with Gasteiger partial charge in [-0.2, -0.15) is 0 Å². The Labute approximate surface area is 114 Å². The van der Waals surface area contributed by atoms with Crippen LogP contribution >= 0.6 is 0 Å². The highest BCUT2D eigenvalue weighted by Crippen LogP contribution is 2.36. The molecule has 2 rings (SSSR count). The summed E-state index contributed by atoms with van der Waals surface area (Å²) in [7, 11) is 1.67. The molecule has 0 unspecified atom stereocenters. The SMILES string of the molecule is CCNCc1oc2cc(OC)ccc2c1C(C)(C)C. The third kappa shape index (κ3) is 2.76. The van der Waals surface area contributed by atoms with Crippen molar-refractivity contribution < 1.29 is 9.15 Å². The number of hydrogen-bond donors (Lipinski definition) is 1. The lowest BCUT2D eigenvalue weighted by Crippen LogP contribution is -2.18. The molecule has 0 fully saturated rings. The fourth-order valence-corrected chi connectivity index (χ4v) is 2.44. The molecule has 1 aromatic carbocycles. The number of furan rings is 1. The van der Waals surface area contributed by atoms with Gasteiger partial charge in [-0.25, -0.2) is 0 Å². The Bertz CT molecular complexity index is 564. The standard InChI is InChI=1S/C16H23NO2/c1-6-17-10-14-15(16(2,3)4)12-8-7-11(18-5)9-13(12)19-14/h7-9,17H,6,10H2,1-5H3. The fourth-order valence-electron chi connectivity index (χ4n) is 2.44. The van der Waals surface area contributed by atoms with Crippen LogP contribution in [0.5, 0.6) is 5.75 Å². The molecule has 1 aromatic heterocycles. The normalized spacial score (nSPS) is 12.1. The lowest BCUT2D eigenvalue weighted by Gasteiger charge is -2.19. The van der Waals surface area contributed by atoms with Crippen molar-refractivity contribution >= 4 is 11.0 Å². The van der Waals surface area contributed by atoms with Crippen LogP contribution in [0.1, 0.15) is 39.0 Å². The summed E-state index contributed by atoms with van der Waals surface area (Å²) in [5.41, 5.74) is 2.24. The fraction of sp³-hybridized carbons (Fsp3) is 0.500. The summed E-state index contributed by atoms with van der Waals surface area (Å²) in [6.45, 7) is 10.5. The van der Waals surface area contributed by atoms with Crippen molar-refractivity contribution in [1.82, 2.24) is 5.32 Å². The van der Waals surface area contributed by atoms with Crippen molar-refractivity contribution in [2.24, 2.45) is 0 Å². The smallest absolute Gasteiger partial charge is 0.138 e. The minimum Gasteiger partial charge on any atom is -0.497 e. The second kappa shape index (κ2) is 5.25. The molecule has 104 valence electrons. The molecule has 0 amide bonds. The van der Waals surface area contributed by atoms with Gasteiger partial charge in [0.2, 0.25) is 0 Å². The topological polar surface area (TPSA) is 34.4 Å². The molecule has 0 spiro atoms. The molecule has 0 aliphatic rings. The number of ether oxygens (including phenoxy) is 1. The molecule has 0 atom stereocenters. The highest BCUT2D eigenvalue weighted by atomic mass is 16.5. The average molecular weight is 261 g/mol. The van der Waals surface area contributed by atoms with E-state index in [-0.39, 0.29) is 5.41 Å². The zero-order valence-corrected chi connectivity index (χ0v) is 12.5. The Balaban J connectivity index is 2.59. The highest BCUT2D eigenvalue weighted by Gasteiger charge is 2.25. The number of hydrogen-bond acceptors (Lipinski definition) is 3. The van der Waals surface area contributed by atoms with E-state index in [0.29, 0.717) is 0 Å². The second-order valence-corrected chi connectivity index (χ2v) is 5.79. The molecule has 3 nitrogen and oxygen atoms in total. The monoisotopic (exact) mass is 261 g/mol. The molecule has 0 bridgehead atoms. The Morgan fingerprint density at radius 1 is 1.26 bits per heavy atom. The van der Waals surface area contributed by atoms with E-state index in [1.54, 1.807) is 7.11 Å². The van der Waals surface area contributed by atoms with Crippen LogP contribution in [-0.4, -0.2) is 13.7 Å². The zero-order chi connectivity index (χ0) is 14.0. The number of rotatable bonds is 4. The first kappa shape index (κ1) is 13.9. The van der Waals surface area contributed by atoms with Crippen LogP contribution in [0, 0.1) is 0 Å². The zero-order valence-electron chi connectivity index (χ0n) is 12.5. The highest BCUT2D eigenvalue weighted by molar-refractivity contribution is 5.84. The van der Waals surface area contributed by atoms with E-state index >= 15 is 0 Å². The average Bonchev–Trinajstić information content (AvgIpc) is 2.72. The predicted molar refractivity (Wildman–Crippen MR) is 78.8 cm³/mol. The molecular weight excluding hydrogens is 238 g/mol. The van der Waals surface area contributed by atoms with Gasteiger partial charge in [-0.3, -0.25) is 0 Å². The Hall–Kier alpha value is -1.48. The quantitative estimate of drug-likeness (QED) is 0.907. The number of nitrogens with one attached hydrogen (secondary N) is 1. The van der Waals surface area contributed by atoms with Gasteiger partial charge in [0.1, 0.15) is 17.1 Å². The molecule has 0 radical (unpaired) electrons. The van der Waals surface area contributed by atoms with E-state index < -0.39 is 0 Å². The Morgan fingerprint density at radius 2 is 2.00 bits per heavy atom. The molecule has 2 aromatic rings. The molecule has 0 aliphatic heterocycles. The van der Waals surface area contributed by atoms with Gasteiger partial charge in [0, 0.05) is 17.0 Å². The lowest BCUT2D eigenvalue weighted by atomic mass is 9.84. The maximum absolute atomic E-state index is 6.03. The molecule has 0 saturated heterocycles. The van der Waals surface area contributed by atoms with Crippen LogP contribution in [0.3, 0.4) is 0 Å². The van der Waals surface area contributed by atoms with Gasteiger partial charge in [0.05, 0.1) is 13.7 Å². The third-order valence-electron chi connectivity index (χ3n) is 3.26. The van der Waals surface area contributed by atoms with Crippen molar-refractivity contribution in [2.75, 3.05) is 13.7 Å². The van der Waals surface area contributed by atoms with Crippen LogP contribution in [0.4, 0.5) is 0 Å². The van der Waals surface area contributed by atoms with Crippen LogP contribution < -0.4 is 10.1 Å². The summed E-state index contributed by atoms with van der Waals surface area (Å²) in [6, 6.07) is 6.04. The van der Waals surface area contributed by atoms with Gasteiger partial charge in [0.15, 0.2) is 0 Å². The first-order valence-electron chi connectivity index (χ1n) is 6.78. The molecule has 0 aliphatic carbocycles. The van der Waals surface area contributed by atoms with Crippen molar-refractivity contribution in [2.45, 2.75) is 39.7 Å². The van der Waals surface area contributed by atoms with Crippen molar-refractivity contribution in [3.63, 3.8) is 0 Å². The minimum atomic E-state index is 0.0601. The minimum absolute atomic E-state index is 0.0601. The number of benzene rings is 1. The third-order valence-corrected chi connectivity index (χ3v) is 3.26. The molecule has 1 heterocycles. The number of fused-ring (bicyclic) bond motifs is 1. The summed E-state index contributed by atoms with van der Waals surface area (Å²) in [5.74, 6) is 1.86. The summed E-state index contributed by atoms with van der Waals surface area (Å²) < 4.78 is 11.3. The van der Waals surface area contributed by atoms with E-state index in [0.717, 1.165) is 30.2 Å². The van der Waals surface area contributed by atoms with Crippen molar-refractivity contribution in [3.05, 3.63) is 29.5 Å². The van der Waals surface area contributed by atoms with Crippen molar-refractivity contribution in [3.8, 4) is 5.75 Å². The lowest BCUT2D eigenvalue weighted by molar-refractivity contribution is 0.414.